The minimum Gasteiger partial charge on any atom is -0.495 e. The Kier molecular flexibility index (Phi) is 9.72. The van der Waals surface area contributed by atoms with Crippen LogP contribution < -0.4 is 14.4 Å². The van der Waals surface area contributed by atoms with Gasteiger partial charge in [-0.1, -0.05) is 48.2 Å². The lowest BCUT2D eigenvalue weighted by Gasteiger charge is -2.32. The number of aryl methyl sites for hydroxylation is 1. The van der Waals surface area contributed by atoms with Gasteiger partial charge in [0, 0.05) is 22.6 Å². The third-order valence-corrected chi connectivity index (χ3v) is 8.22. The summed E-state index contributed by atoms with van der Waals surface area (Å²) in [6.45, 7) is 2.92. The second kappa shape index (κ2) is 12.4. The Morgan fingerprint density at radius 1 is 1.14 bits per heavy atom. The second-order valence-corrected chi connectivity index (χ2v) is 12.1. The molecule has 0 unspecified atom stereocenters. The van der Waals surface area contributed by atoms with Crippen molar-refractivity contribution in [2.45, 2.75) is 58.2 Å². The Morgan fingerprint density at radius 3 is 2.41 bits per heavy atom. The van der Waals surface area contributed by atoms with Crippen molar-refractivity contribution in [3.8, 4) is 5.75 Å². The Bertz CT molecular complexity index is 1250. The van der Waals surface area contributed by atoms with Gasteiger partial charge in [-0.15, -0.1) is 0 Å². The number of benzene rings is 2. The molecule has 37 heavy (non-hydrogen) atoms. The fourth-order valence-corrected chi connectivity index (χ4v) is 5.71. The predicted molar refractivity (Wildman–Crippen MR) is 147 cm³/mol. The van der Waals surface area contributed by atoms with Gasteiger partial charge in [-0.2, -0.15) is 0 Å². The van der Waals surface area contributed by atoms with E-state index in [1.54, 1.807) is 43.3 Å². The Balaban J connectivity index is 1.96. The first-order valence-electron chi connectivity index (χ1n) is 12.1. The summed E-state index contributed by atoms with van der Waals surface area (Å²) < 4.78 is 32.1. The summed E-state index contributed by atoms with van der Waals surface area (Å²) in [6, 6.07) is 9.16. The molecule has 0 heterocycles. The van der Waals surface area contributed by atoms with Crippen molar-refractivity contribution in [3.05, 3.63) is 57.6 Å². The fraction of sp³-hybridized carbons (Fsp3) is 0.462. The van der Waals surface area contributed by atoms with Gasteiger partial charge in [0.25, 0.3) is 0 Å². The molecule has 2 aromatic carbocycles. The van der Waals surface area contributed by atoms with Gasteiger partial charge in [0.2, 0.25) is 21.8 Å². The van der Waals surface area contributed by atoms with E-state index in [1.807, 2.05) is 6.92 Å². The number of hydrogen-bond donors (Lipinski definition) is 1. The molecular weight excluding hydrogens is 537 g/mol. The van der Waals surface area contributed by atoms with Gasteiger partial charge in [-0.05, 0) is 62.1 Å². The van der Waals surface area contributed by atoms with E-state index in [0.29, 0.717) is 21.4 Å². The zero-order valence-corrected chi connectivity index (χ0v) is 23.8. The molecule has 1 aliphatic carbocycles. The van der Waals surface area contributed by atoms with E-state index in [4.69, 9.17) is 27.9 Å². The van der Waals surface area contributed by atoms with E-state index in [2.05, 4.69) is 5.32 Å². The minimum absolute atomic E-state index is 0.00333. The van der Waals surface area contributed by atoms with Gasteiger partial charge in [-0.3, -0.25) is 13.9 Å². The first kappa shape index (κ1) is 29.1. The van der Waals surface area contributed by atoms with E-state index in [0.717, 1.165) is 41.8 Å². The highest BCUT2D eigenvalue weighted by atomic mass is 35.5. The van der Waals surface area contributed by atoms with Crippen molar-refractivity contribution < 1.29 is 22.7 Å². The Labute approximate surface area is 228 Å². The summed E-state index contributed by atoms with van der Waals surface area (Å²) in [5, 5.41) is 3.81. The number of amides is 2. The lowest BCUT2D eigenvalue weighted by Crippen LogP contribution is -2.52. The summed E-state index contributed by atoms with van der Waals surface area (Å²) in [5.74, 6) is -0.554. The largest absolute Gasteiger partial charge is 0.495 e. The molecule has 1 atom stereocenters. The standard InChI is InChI=1S/C26H33Cl2N3O5S/c1-17-9-12-24(36-3)23(13-17)31(37(4,34)35)16-25(32)30(15-19-10-11-20(27)14-22(19)28)18(2)26(33)29-21-7-5-6-8-21/h9-14,18,21H,5-8,15-16H2,1-4H3,(H,29,33)/t18-/m1/s1. The molecule has 0 saturated heterocycles. The number of ether oxygens (including phenoxy) is 1. The van der Waals surface area contributed by atoms with Crippen LogP contribution in [0.15, 0.2) is 36.4 Å². The van der Waals surface area contributed by atoms with Crippen molar-refractivity contribution in [1.82, 2.24) is 10.2 Å². The lowest BCUT2D eigenvalue weighted by molar-refractivity contribution is -0.139. The van der Waals surface area contributed by atoms with Crippen LogP contribution in [0.3, 0.4) is 0 Å². The number of nitrogens with zero attached hydrogens (tertiary/aromatic N) is 2. The molecule has 2 amide bonds. The van der Waals surface area contributed by atoms with Gasteiger partial charge in [0.15, 0.2) is 0 Å². The van der Waals surface area contributed by atoms with E-state index in [1.165, 1.54) is 12.0 Å². The molecule has 1 aliphatic rings. The number of rotatable bonds is 10. The van der Waals surface area contributed by atoms with Crippen LogP contribution in [-0.4, -0.2) is 57.1 Å². The number of nitrogens with one attached hydrogen (secondary N) is 1. The van der Waals surface area contributed by atoms with Crippen molar-refractivity contribution in [3.63, 3.8) is 0 Å². The van der Waals surface area contributed by atoms with Crippen LogP contribution in [-0.2, 0) is 26.2 Å². The number of carbonyl (C=O) groups is 2. The van der Waals surface area contributed by atoms with E-state index < -0.39 is 28.5 Å². The zero-order valence-electron chi connectivity index (χ0n) is 21.5. The van der Waals surface area contributed by atoms with Gasteiger partial charge in [0.1, 0.15) is 18.3 Å². The summed E-state index contributed by atoms with van der Waals surface area (Å²) in [7, 11) is -2.45. The number of methoxy groups -OCH3 is 1. The topological polar surface area (TPSA) is 96.0 Å². The average Bonchev–Trinajstić information content (AvgIpc) is 3.33. The van der Waals surface area contributed by atoms with E-state index >= 15 is 0 Å². The average molecular weight is 571 g/mol. The molecule has 2 aromatic rings. The number of carbonyl (C=O) groups excluding carboxylic acids is 2. The molecule has 202 valence electrons. The maximum atomic E-state index is 13.8. The molecular formula is C26H33Cl2N3O5S. The van der Waals surface area contributed by atoms with Gasteiger partial charge < -0.3 is 15.0 Å². The lowest BCUT2D eigenvalue weighted by atomic mass is 10.1. The highest BCUT2D eigenvalue weighted by Crippen LogP contribution is 2.31. The highest BCUT2D eigenvalue weighted by Gasteiger charge is 2.32. The monoisotopic (exact) mass is 569 g/mol. The highest BCUT2D eigenvalue weighted by molar-refractivity contribution is 7.92. The molecule has 1 saturated carbocycles. The molecule has 0 aliphatic heterocycles. The number of halogens is 2. The molecule has 1 N–H and O–H groups in total. The Hall–Kier alpha value is -2.49. The number of hydrogen-bond acceptors (Lipinski definition) is 5. The smallest absolute Gasteiger partial charge is 0.244 e. The predicted octanol–water partition coefficient (Wildman–Crippen LogP) is 4.55. The van der Waals surface area contributed by atoms with E-state index in [-0.39, 0.29) is 24.2 Å². The van der Waals surface area contributed by atoms with Crippen molar-refractivity contribution in [2.75, 3.05) is 24.2 Å². The summed E-state index contributed by atoms with van der Waals surface area (Å²) in [5.41, 5.74) is 1.62. The SMILES string of the molecule is COc1ccc(C)cc1N(CC(=O)N(Cc1ccc(Cl)cc1Cl)[C@H](C)C(=O)NC1CCCC1)S(C)(=O)=O. The summed E-state index contributed by atoms with van der Waals surface area (Å²) in [4.78, 5) is 28.3. The maximum Gasteiger partial charge on any atom is 0.244 e. The van der Waals surface area contributed by atoms with Crippen molar-refractivity contribution in [2.24, 2.45) is 0 Å². The molecule has 0 aromatic heterocycles. The molecule has 0 spiro atoms. The van der Waals surface area contributed by atoms with Crippen LogP contribution in [0.25, 0.3) is 0 Å². The Morgan fingerprint density at radius 2 is 1.81 bits per heavy atom. The normalized spacial score (nSPS) is 14.8. The third-order valence-electron chi connectivity index (χ3n) is 6.51. The van der Waals surface area contributed by atoms with Crippen LogP contribution >= 0.6 is 23.2 Å². The van der Waals surface area contributed by atoms with Gasteiger partial charge in [-0.25, -0.2) is 8.42 Å². The maximum absolute atomic E-state index is 13.8. The molecule has 3 rings (SSSR count). The molecule has 1 fully saturated rings. The minimum atomic E-state index is -3.89. The van der Waals surface area contributed by atoms with Gasteiger partial charge >= 0.3 is 0 Å². The quantitative estimate of drug-likeness (QED) is 0.452. The van der Waals surface area contributed by atoms with Crippen LogP contribution in [0, 0.1) is 6.92 Å². The van der Waals surface area contributed by atoms with Crippen LogP contribution in [0.5, 0.6) is 5.75 Å². The number of sulfonamides is 1. The first-order chi connectivity index (χ1) is 17.4. The van der Waals surface area contributed by atoms with Crippen molar-refractivity contribution >= 4 is 50.7 Å². The molecule has 8 nitrogen and oxygen atoms in total. The van der Waals surface area contributed by atoms with E-state index in [9.17, 15) is 18.0 Å². The third kappa shape index (κ3) is 7.52. The van der Waals surface area contributed by atoms with Crippen molar-refractivity contribution in [1.29, 1.82) is 0 Å². The molecule has 0 bridgehead atoms. The zero-order chi connectivity index (χ0) is 27.3. The molecule has 11 heteroatoms. The summed E-state index contributed by atoms with van der Waals surface area (Å²) >= 11 is 12.4. The fourth-order valence-electron chi connectivity index (χ4n) is 4.40. The van der Waals surface area contributed by atoms with Crippen LogP contribution in [0.2, 0.25) is 10.0 Å². The van der Waals surface area contributed by atoms with Gasteiger partial charge in [0.05, 0.1) is 19.1 Å². The number of anilines is 1. The van der Waals surface area contributed by atoms with Crippen LogP contribution in [0.1, 0.15) is 43.7 Å². The van der Waals surface area contributed by atoms with Crippen LogP contribution in [0.4, 0.5) is 5.69 Å². The molecule has 0 radical (unpaired) electrons. The first-order valence-corrected chi connectivity index (χ1v) is 14.7. The summed E-state index contributed by atoms with van der Waals surface area (Å²) in [6.07, 6.45) is 4.90. The second-order valence-electron chi connectivity index (χ2n) is 9.37.